The second kappa shape index (κ2) is 6.07. The zero-order chi connectivity index (χ0) is 12.8. The average Bonchev–Trinajstić information content (AvgIpc) is 2.29. The molecule has 0 fully saturated rings. The van der Waals surface area contributed by atoms with Crippen LogP contribution in [-0.4, -0.2) is 27.5 Å². The summed E-state index contributed by atoms with van der Waals surface area (Å²) in [5, 5.41) is 28.6. The first-order chi connectivity index (χ1) is 8.04. The highest BCUT2D eigenvalue weighted by molar-refractivity contribution is 5.79. The topological polar surface area (TPSA) is 101 Å². The molecule has 1 rings (SSSR count). The molecule has 1 atom stereocenters. The second-order valence-corrected chi connectivity index (χ2v) is 3.58. The highest BCUT2D eigenvalue weighted by atomic mass is 16.6. The van der Waals surface area contributed by atoms with Crippen LogP contribution in [0.4, 0.5) is 5.69 Å². The lowest BCUT2D eigenvalue weighted by atomic mass is 10.0. The van der Waals surface area contributed by atoms with Crippen LogP contribution in [0.15, 0.2) is 24.3 Å². The minimum Gasteiger partial charge on any atom is -0.396 e. The van der Waals surface area contributed by atoms with E-state index in [-0.39, 0.29) is 30.9 Å². The lowest BCUT2D eigenvalue weighted by Crippen LogP contribution is -2.08. The van der Waals surface area contributed by atoms with Crippen molar-refractivity contribution in [2.24, 2.45) is 0 Å². The molecule has 0 aliphatic heterocycles. The number of carbonyl (C=O) groups excluding carboxylic acids is 1. The van der Waals surface area contributed by atoms with Crippen LogP contribution in [0, 0.1) is 10.1 Å². The normalized spacial score (nSPS) is 12.1. The number of nitro benzene ring substituents is 1. The zero-order valence-electron chi connectivity index (χ0n) is 9.07. The summed E-state index contributed by atoms with van der Waals surface area (Å²) in [4.78, 5) is 21.0. The molecule has 0 aromatic heterocycles. The highest BCUT2D eigenvalue weighted by Gasteiger charge is 2.14. The molecule has 0 amide bonds. The molecule has 6 heteroatoms. The average molecular weight is 239 g/mol. The number of hydrogen-bond acceptors (Lipinski definition) is 5. The van der Waals surface area contributed by atoms with Crippen molar-refractivity contribution in [2.75, 3.05) is 6.61 Å². The molecule has 0 bridgehead atoms. The molecule has 0 aliphatic carbocycles. The van der Waals surface area contributed by atoms with Crippen LogP contribution >= 0.6 is 0 Å². The number of Topliss-reactive ketones (excluding diaryl/α,β-unsaturated/α-hetero) is 1. The van der Waals surface area contributed by atoms with E-state index in [1.54, 1.807) is 0 Å². The minimum absolute atomic E-state index is 0.00401. The third-order valence-electron chi connectivity index (χ3n) is 2.30. The van der Waals surface area contributed by atoms with E-state index in [2.05, 4.69) is 0 Å². The molecule has 1 aromatic carbocycles. The Morgan fingerprint density at radius 1 is 1.35 bits per heavy atom. The van der Waals surface area contributed by atoms with Crippen LogP contribution in [0.1, 0.15) is 24.5 Å². The number of nitrogens with zero attached hydrogens (tertiary/aromatic N) is 1. The van der Waals surface area contributed by atoms with E-state index in [1.807, 2.05) is 0 Å². The molecule has 0 radical (unpaired) electrons. The van der Waals surface area contributed by atoms with Gasteiger partial charge < -0.3 is 10.2 Å². The van der Waals surface area contributed by atoms with Crippen molar-refractivity contribution < 1.29 is 19.9 Å². The van der Waals surface area contributed by atoms with E-state index in [4.69, 9.17) is 5.11 Å². The number of benzene rings is 1. The van der Waals surface area contributed by atoms with Gasteiger partial charge in [-0.3, -0.25) is 14.9 Å². The molecule has 17 heavy (non-hydrogen) atoms. The Morgan fingerprint density at radius 3 is 2.41 bits per heavy atom. The fourth-order valence-corrected chi connectivity index (χ4v) is 1.38. The summed E-state index contributed by atoms with van der Waals surface area (Å²) in [5.74, 6) is -0.252. The van der Waals surface area contributed by atoms with Crippen molar-refractivity contribution in [3.63, 3.8) is 0 Å². The van der Waals surface area contributed by atoms with E-state index in [0.717, 1.165) is 0 Å². The van der Waals surface area contributed by atoms with Gasteiger partial charge in [0.1, 0.15) is 5.78 Å². The van der Waals surface area contributed by atoms with Gasteiger partial charge in [-0.2, -0.15) is 0 Å². The van der Waals surface area contributed by atoms with Crippen LogP contribution in [0.2, 0.25) is 0 Å². The standard InChI is InChI=1S/C11H13NO5/c13-6-5-10(14)7-11(15)8-1-3-9(4-2-8)12(16)17/h1-4,11,13,15H,5-7H2/t11-/m0/s1. The van der Waals surface area contributed by atoms with Crippen molar-refractivity contribution in [3.8, 4) is 0 Å². The third-order valence-corrected chi connectivity index (χ3v) is 2.30. The Labute approximate surface area is 97.7 Å². The van der Waals surface area contributed by atoms with Crippen molar-refractivity contribution in [2.45, 2.75) is 18.9 Å². The molecule has 0 saturated heterocycles. The smallest absolute Gasteiger partial charge is 0.269 e. The maximum absolute atomic E-state index is 11.2. The summed E-state index contributed by atoms with van der Waals surface area (Å²) in [7, 11) is 0. The first-order valence-electron chi connectivity index (χ1n) is 5.09. The van der Waals surface area contributed by atoms with Gasteiger partial charge >= 0.3 is 0 Å². The highest BCUT2D eigenvalue weighted by Crippen LogP contribution is 2.20. The molecular weight excluding hydrogens is 226 g/mol. The van der Waals surface area contributed by atoms with Crippen LogP contribution in [-0.2, 0) is 4.79 Å². The van der Waals surface area contributed by atoms with Gasteiger partial charge in [0.05, 0.1) is 11.0 Å². The fraction of sp³-hybridized carbons (Fsp3) is 0.364. The molecule has 1 aromatic rings. The molecule has 2 N–H and O–H groups in total. The van der Waals surface area contributed by atoms with Gasteiger partial charge in [0, 0.05) is 31.6 Å². The summed E-state index contributed by atoms with van der Waals surface area (Å²) in [6.45, 7) is -0.244. The summed E-state index contributed by atoms with van der Waals surface area (Å²) < 4.78 is 0. The number of nitro groups is 1. The lowest BCUT2D eigenvalue weighted by Gasteiger charge is -2.09. The number of aliphatic hydroxyl groups is 2. The molecule has 0 heterocycles. The van der Waals surface area contributed by atoms with E-state index in [9.17, 15) is 20.0 Å². The Morgan fingerprint density at radius 2 is 1.94 bits per heavy atom. The summed E-state index contributed by atoms with van der Waals surface area (Å²) >= 11 is 0. The zero-order valence-corrected chi connectivity index (χ0v) is 9.07. The van der Waals surface area contributed by atoms with Crippen LogP contribution in [0.25, 0.3) is 0 Å². The SMILES string of the molecule is O=C(CCO)C[C@H](O)c1ccc([N+](=O)[O-])cc1. The van der Waals surface area contributed by atoms with Gasteiger partial charge in [0.25, 0.3) is 5.69 Å². The van der Waals surface area contributed by atoms with Crippen molar-refractivity contribution in [3.05, 3.63) is 39.9 Å². The van der Waals surface area contributed by atoms with Gasteiger partial charge in [-0.25, -0.2) is 0 Å². The predicted octanol–water partition coefficient (Wildman–Crippen LogP) is 0.970. The first-order valence-corrected chi connectivity index (χ1v) is 5.09. The molecule has 92 valence electrons. The summed E-state index contributed by atoms with van der Waals surface area (Å²) in [6.07, 6.45) is -1.09. The number of ketones is 1. The van der Waals surface area contributed by atoms with E-state index in [1.165, 1.54) is 24.3 Å². The third kappa shape index (κ3) is 3.93. The van der Waals surface area contributed by atoms with Crippen molar-refractivity contribution in [1.29, 1.82) is 0 Å². The summed E-state index contributed by atoms with van der Waals surface area (Å²) in [5.41, 5.74) is 0.379. The number of non-ortho nitro benzene ring substituents is 1. The summed E-state index contributed by atoms with van der Waals surface area (Å²) in [6, 6.07) is 5.37. The van der Waals surface area contributed by atoms with Gasteiger partial charge in [-0.15, -0.1) is 0 Å². The number of carbonyl (C=O) groups is 1. The Hall–Kier alpha value is -1.79. The lowest BCUT2D eigenvalue weighted by molar-refractivity contribution is -0.384. The van der Waals surface area contributed by atoms with Gasteiger partial charge in [0.15, 0.2) is 0 Å². The first kappa shape index (κ1) is 13.3. The molecule has 6 nitrogen and oxygen atoms in total. The maximum Gasteiger partial charge on any atom is 0.269 e. The van der Waals surface area contributed by atoms with Gasteiger partial charge in [0.2, 0.25) is 0 Å². The fourth-order valence-electron chi connectivity index (χ4n) is 1.38. The Kier molecular flexibility index (Phi) is 4.74. The Bertz CT molecular complexity index is 401. The largest absolute Gasteiger partial charge is 0.396 e. The number of aliphatic hydroxyl groups excluding tert-OH is 2. The monoisotopic (exact) mass is 239 g/mol. The molecule has 0 saturated carbocycles. The van der Waals surface area contributed by atoms with Crippen LogP contribution in [0.5, 0.6) is 0 Å². The van der Waals surface area contributed by atoms with E-state index < -0.39 is 11.0 Å². The van der Waals surface area contributed by atoms with Crippen molar-refractivity contribution in [1.82, 2.24) is 0 Å². The minimum atomic E-state index is -0.991. The van der Waals surface area contributed by atoms with Gasteiger partial charge in [-0.1, -0.05) is 0 Å². The molecule has 0 aliphatic rings. The molecule has 0 spiro atoms. The molecular formula is C11H13NO5. The maximum atomic E-state index is 11.2. The van der Waals surface area contributed by atoms with Crippen LogP contribution in [0.3, 0.4) is 0 Å². The quantitative estimate of drug-likeness (QED) is 0.569. The van der Waals surface area contributed by atoms with Gasteiger partial charge in [-0.05, 0) is 17.7 Å². The molecule has 0 unspecified atom stereocenters. The van der Waals surface area contributed by atoms with E-state index in [0.29, 0.717) is 5.56 Å². The van der Waals surface area contributed by atoms with Crippen LogP contribution < -0.4 is 0 Å². The number of rotatable bonds is 6. The second-order valence-electron chi connectivity index (χ2n) is 3.58. The number of hydrogen-bond donors (Lipinski definition) is 2. The van der Waals surface area contributed by atoms with E-state index >= 15 is 0 Å². The Balaban J connectivity index is 2.66. The predicted molar refractivity (Wildman–Crippen MR) is 59.4 cm³/mol. The van der Waals surface area contributed by atoms with Crippen molar-refractivity contribution >= 4 is 11.5 Å².